The SMILES string of the molecule is Cn1nc(C2CCC(=O)NC2=O)c2cccc(CCC3CN(CC4CCC(n5cc(NC(=O)c6cnn7ccc(N8C[C@H]9C[C@@H]8CO9)nc67)c(C(F)F)n5)CC4)CCO3)c21. The molecule has 1 aliphatic carbocycles. The molecular weight excluding hydrogens is 777 g/mol. The van der Waals surface area contributed by atoms with E-state index in [9.17, 15) is 23.2 Å². The number of ether oxygens (including phenoxy) is 2. The monoisotopic (exact) mass is 825 g/mol. The van der Waals surface area contributed by atoms with Gasteiger partial charge in [0.05, 0.1) is 66.5 Å². The zero-order chi connectivity index (χ0) is 41.1. The van der Waals surface area contributed by atoms with E-state index in [2.05, 4.69) is 36.7 Å². The van der Waals surface area contributed by atoms with Gasteiger partial charge in [-0.3, -0.25) is 34.0 Å². The number of aromatic nitrogens is 7. The Balaban J connectivity index is 0.739. The summed E-state index contributed by atoms with van der Waals surface area (Å²) < 4.78 is 45.6. The number of aryl methyl sites for hydroxylation is 2. The summed E-state index contributed by atoms with van der Waals surface area (Å²) in [6.07, 6.45) is 8.96. The first-order chi connectivity index (χ1) is 29.1. The molecule has 5 fully saturated rings. The maximum absolute atomic E-state index is 14.3. The summed E-state index contributed by atoms with van der Waals surface area (Å²) in [5.41, 5.74) is 2.98. The molecule has 5 aliphatic rings. The van der Waals surface area contributed by atoms with E-state index in [1.54, 1.807) is 17.1 Å². The predicted octanol–water partition coefficient (Wildman–Crippen LogP) is 4.57. The number of fused-ring (bicyclic) bond motifs is 4. The number of nitrogens with zero attached hydrogens (tertiary/aromatic N) is 9. The second kappa shape index (κ2) is 15.9. The van der Waals surface area contributed by atoms with Gasteiger partial charge in [-0.2, -0.15) is 15.3 Å². The number of imide groups is 1. The van der Waals surface area contributed by atoms with Gasteiger partial charge in [0, 0.05) is 57.4 Å². The normalized spacial score (nSPS) is 26.2. The maximum atomic E-state index is 14.3. The molecule has 16 nitrogen and oxygen atoms in total. The number of amides is 3. The van der Waals surface area contributed by atoms with Crippen LogP contribution < -0.4 is 15.5 Å². The number of hydrogen-bond acceptors (Lipinski definition) is 11. The van der Waals surface area contributed by atoms with Crippen molar-refractivity contribution in [2.45, 2.75) is 94.4 Å². The number of anilines is 2. The summed E-state index contributed by atoms with van der Waals surface area (Å²) in [7, 11) is 1.90. The number of rotatable bonds is 11. The molecule has 1 saturated carbocycles. The number of benzene rings is 1. The Morgan fingerprint density at radius 1 is 1.05 bits per heavy atom. The summed E-state index contributed by atoms with van der Waals surface area (Å²) in [5, 5.41) is 19.5. The molecule has 4 saturated heterocycles. The molecule has 2 unspecified atom stereocenters. The number of piperidine rings is 1. The summed E-state index contributed by atoms with van der Waals surface area (Å²) in [4.78, 5) is 47.4. The lowest BCUT2D eigenvalue weighted by atomic mass is 9.85. The third-order valence-electron chi connectivity index (χ3n) is 13.2. The van der Waals surface area contributed by atoms with Crippen LogP contribution in [0.2, 0.25) is 0 Å². The Hall–Kier alpha value is -5.33. The lowest BCUT2D eigenvalue weighted by Crippen LogP contribution is -2.45. The van der Waals surface area contributed by atoms with Crippen molar-refractivity contribution in [2.24, 2.45) is 13.0 Å². The van der Waals surface area contributed by atoms with Crippen LogP contribution >= 0.6 is 0 Å². The number of carbonyl (C=O) groups excluding carboxylic acids is 3. The number of alkyl halides is 2. The van der Waals surface area contributed by atoms with E-state index in [0.717, 1.165) is 99.1 Å². The number of carbonyl (C=O) groups is 3. The standard InChI is InChI=1S/C42H49F2N11O5/c1-51-38-25(3-2-4-30(38)36(49-51)31-11-12-35(56)48-41(31)57)7-10-28-20-52(15-16-59-28)19-24-5-8-26(9-6-24)55-22-33(37(50-55)39(43)44)46-42(58)32-18-45-54-14-13-34(47-40(32)54)53-21-29-17-27(53)23-60-29/h2-4,13-14,18,22,24,26-29,31,39H,5-12,15-17,19-21,23H2,1H3,(H,46,58)(H,48,56,57)/t24?,26?,27-,28?,29-,31?/m1/s1. The van der Waals surface area contributed by atoms with Crippen LogP contribution in [0.15, 0.2) is 42.9 Å². The van der Waals surface area contributed by atoms with Crippen molar-refractivity contribution in [1.29, 1.82) is 0 Å². The first-order valence-electron chi connectivity index (χ1n) is 21.2. The zero-order valence-electron chi connectivity index (χ0n) is 33.5. The molecule has 5 aromatic rings. The van der Waals surface area contributed by atoms with Gasteiger partial charge in [-0.1, -0.05) is 18.2 Å². The molecule has 316 valence electrons. The molecule has 3 amide bonds. The van der Waals surface area contributed by atoms with Gasteiger partial charge in [0.25, 0.3) is 12.3 Å². The van der Waals surface area contributed by atoms with Crippen molar-refractivity contribution in [3.8, 4) is 0 Å². The average Bonchev–Trinajstić information content (AvgIpc) is 4.10. The van der Waals surface area contributed by atoms with Gasteiger partial charge < -0.3 is 19.7 Å². The topological polar surface area (TPSA) is 166 Å². The summed E-state index contributed by atoms with van der Waals surface area (Å²) >= 11 is 0. The van der Waals surface area contributed by atoms with Crippen molar-refractivity contribution in [1.82, 2.24) is 44.4 Å². The molecule has 10 rings (SSSR count). The molecule has 4 aliphatic heterocycles. The van der Waals surface area contributed by atoms with E-state index in [0.29, 0.717) is 37.6 Å². The van der Waals surface area contributed by atoms with Crippen molar-refractivity contribution in [2.75, 3.05) is 49.6 Å². The van der Waals surface area contributed by atoms with Crippen LogP contribution in [0, 0.1) is 5.92 Å². The Morgan fingerprint density at radius 2 is 1.92 bits per heavy atom. The first-order valence-corrected chi connectivity index (χ1v) is 21.2. The fourth-order valence-corrected chi connectivity index (χ4v) is 10.2. The van der Waals surface area contributed by atoms with Crippen LogP contribution in [-0.4, -0.2) is 114 Å². The quantitative estimate of drug-likeness (QED) is 0.179. The number of morpholine rings is 2. The molecule has 0 radical (unpaired) electrons. The highest BCUT2D eigenvalue weighted by atomic mass is 19.3. The lowest BCUT2D eigenvalue weighted by Gasteiger charge is -2.37. The van der Waals surface area contributed by atoms with Gasteiger partial charge in [0.2, 0.25) is 11.8 Å². The van der Waals surface area contributed by atoms with Gasteiger partial charge in [0.1, 0.15) is 11.4 Å². The van der Waals surface area contributed by atoms with Crippen LogP contribution in [0.5, 0.6) is 0 Å². The summed E-state index contributed by atoms with van der Waals surface area (Å²) in [5.74, 6) is -0.334. The molecule has 18 heteroatoms. The summed E-state index contributed by atoms with van der Waals surface area (Å²) in [6, 6.07) is 8.19. The van der Waals surface area contributed by atoms with Crippen LogP contribution in [0.3, 0.4) is 0 Å². The Labute approximate surface area is 344 Å². The van der Waals surface area contributed by atoms with Crippen molar-refractivity contribution in [3.05, 3.63) is 65.4 Å². The number of halogens is 2. The Bertz CT molecular complexity index is 2440. The minimum atomic E-state index is -2.86. The summed E-state index contributed by atoms with van der Waals surface area (Å²) in [6.45, 7) is 4.69. The fourth-order valence-electron chi connectivity index (χ4n) is 10.2. The molecule has 0 spiro atoms. The number of hydrogen-bond donors (Lipinski definition) is 2. The van der Waals surface area contributed by atoms with E-state index < -0.39 is 23.9 Å². The third-order valence-corrected chi connectivity index (χ3v) is 13.2. The van der Waals surface area contributed by atoms with Gasteiger partial charge >= 0.3 is 0 Å². The minimum Gasteiger partial charge on any atom is -0.376 e. The second-order valence-corrected chi connectivity index (χ2v) is 17.1. The average molecular weight is 826 g/mol. The van der Waals surface area contributed by atoms with Crippen LogP contribution in [0.1, 0.15) is 97.1 Å². The van der Waals surface area contributed by atoms with Gasteiger partial charge in [-0.25, -0.2) is 18.3 Å². The van der Waals surface area contributed by atoms with E-state index in [1.807, 2.05) is 29.9 Å². The zero-order valence-corrected chi connectivity index (χ0v) is 33.5. The largest absolute Gasteiger partial charge is 0.376 e. The maximum Gasteiger partial charge on any atom is 0.284 e. The molecule has 4 aromatic heterocycles. The van der Waals surface area contributed by atoms with Gasteiger partial charge in [-0.05, 0) is 68.9 Å². The minimum absolute atomic E-state index is 0.00429. The van der Waals surface area contributed by atoms with Crippen LogP contribution in [0.4, 0.5) is 20.3 Å². The molecule has 1 aromatic carbocycles. The molecule has 4 atom stereocenters. The Kier molecular flexibility index (Phi) is 10.3. The van der Waals surface area contributed by atoms with Crippen molar-refractivity contribution in [3.63, 3.8) is 0 Å². The van der Waals surface area contributed by atoms with Gasteiger partial charge in [0.15, 0.2) is 11.3 Å². The lowest BCUT2D eigenvalue weighted by molar-refractivity contribution is -0.134. The van der Waals surface area contributed by atoms with E-state index in [4.69, 9.17) is 19.6 Å². The molecule has 8 heterocycles. The van der Waals surface area contributed by atoms with E-state index >= 15 is 0 Å². The number of para-hydroxylation sites is 1. The smallest absolute Gasteiger partial charge is 0.284 e. The van der Waals surface area contributed by atoms with Crippen LogP contribution in [-0.2, 0) is 32.5 Å². The van der Waals surface area contributed by atoms with E-state index in [1.165, 1.54) is 10.7 Å². The van der Waals surface area contributed by atoms with Crippen LogP contribution in [0.25, 0.3) is 16.6 Å². The molecule has 2 N–H and O–H groups in total. The Morgan fingerprint density at radius 3 is 2.70 bits per heavy atom. The highest BCUT2D eigenvalue weighted by Gasteiger charge is 2.40. The molecular formula is C42H49F2N11O5. The van der Waals surface area contributed by atoms with Gasteiger partial charge in [-0.15, -0.1) is 0 Å². The predicted molar refractivity (Wildman–Crippen MR) is 215 cm³/mol. The first kappa shape index (κ1) is 38.8. The number of nitrogens with one attached hydrogen (secondary N) is 2. The van der Waals surface area contributed by atoms with E-state index in [-0.39, 0.29) is 47.4 Å². The fraction of sp³-hybridized carbons (Fsp3) is 0.548. The second-order valence-electron chi connectivity index (χ2n) is 17.1. The highest BCUT2D eigenvalue weighted by molar-refractivity contribution is 6.08. The third kappa shape index (κ3) is 7.42. The molecule has 60 heavy (non-hydrogen) atoms. The van der Waals surface area contributed by atoms with Crippen molar-refractivity contribution < 1.29 is 32.6 Å². The molecule has 2 bridgehead atoms. The van der Waals surface area contributed by atoms with Crippen molar-refractivity contribution >= 4 is 45.8 Å². The highest BCUT2D eigenvalue weighted by Crippen LogP contribution is 2.37.